The second kappa shape index (κ2) is 51.5. The van der Waals surface area contributed by atoms with E-state index in [4.69, 9.17) is 35.4 Å². The molecule has 16 heteroatoms. The van der Waals surface area contributed by atoms with Crippen molar-refractivity contribution >= 4 is 105 Å². The molecule has 0 aromatic carbocycles. The Bertz CT molecular complexity index is 1260. The van der Waals surface area contributed by atoms with Crippen molar-refractivity contribution in [3.63, 3.8) is 0 Å². The largest absolute Gasteiger partial charge is 0.380 e. The van der Waals surface area contributed by atoms with Gasteiger partial charge in [0.25, 0.3) is 0 Å². The van der Waals surface area contributed by atoms with Crippen molar-refractivity contribution in [1.29, 1.82) is 0 Å². The number of thiol groups is 1. The number of H-pyrrole nitrogens is 1. The van der Waals surface area contributed by atoms with Gasteiger partial charge in [-0.2, -0.15) is 5.10 Å². The number of rotatable bonds is 7. The molecule has 0 saturated heterocycles. The van der Waals surface area contributed by atoms with Crippen LogP contribution in [0.5, 0.6) is 0 Å². The van der Waals surface area contributed by atoms with E-state index >= 15 is 0 Å². The van der Waals surface area contributed by atoms with Gasteiger partial charge in [0.2, 0.25) is 4.20 Å². The third-order valence-corrected chi connectivity index (χ3v) is 13.7. The van der Waals surface area contributed by atoms with E-state index in [1.165, 1.54) is 34.8 Å². The van der Waals surface area contributed by atoms with Crippen LogP contribution in [-0.4, -0.2) is 70.1 Å². The molecule has 4 aliphatic rings. The third-order valence-electron chi connectivity index (χ3n) is 7.19. The summed E-state index contributed by atoms with van der Waals surface area (Å²) >= 11 is 11.2. The van der Waals surface area contributed by atoms with Gasteiger partial charge in [-0.05, 0) is 96.9 Å². The maximum atomic E-state index is 11.3. The van der Waals surface area contributed by atoms with Crippen LogP contribution >= 0.6 is 65.4 Å². The Kier molecular flexibility index (Phi) is 42.9. The molecular formula is C41H115IN7O3S5+. The minimum absolute atomic E-state index is 0. The molecule has 3 saturated carbocycles. The number of nitrogens with one attached hydrogen (secondary N) is 3. The number of carbonyl (C=O) groups is 3. The average Bonchev–Trinajstić information content (AvgIpc) is 4.41. The molecule has 0 aliphatic heterocycles. The number of thioether (sulfide) groups is 3. The van der Waals surface area contributed by atoms with Gasteiger partial charge in [-0.15, -0.1) is 35.3 Å². The first-order valence-corrected chi connectivity index (χ1v) is 27.6. The number of aryl methyl sites for hydroxylation is 1. The van der Waals surface area contributed by atoms with E-state index in [1.807, 2.05) is 74.2 Å². The van der Waals surface area contributed by atoms with Crippen LogP contribution in [0.25, 0.3) is 0 Å². The molecule has 3 fully saturated rings. The van der Waals surface area contributed by atoms with Crippen LogP contribution < -0.4 is 28.1 Å². The van der Waals surface area contributed by atoms with E-state index in [1.54, 1.807) is 44.2 Å². The van der Waals surface area contributed by atoms with E-state index in [0.717, 1.165) is 110 Å². The predicted octanol–water partition coefficient (Wildman–Crippen LogP) is 14.7. The molecule has 5 rings (SSSR count). The molecule has 1 aromatic heterocycles. The number of hydrazine groups is 1. The van der Waals surface area contributed by atoms with E-state index in [0.29, 0.717) is 17.3 Å². The Labute approximate surface area is 423 Å². The highest BCUT2D eigenvalue weighted by Gasteiger charge is 2.21. The van der Waals surface area contributed by atoms with Crippen LogP contribution in [0, 0.1) is 0 Å². The number of allylic oxidation sites excluding steroid dienone is 2. The molecule has 57 heavy (non-hydrogen) atoms. The molecule has 0 radical (unpaired) electrons. The molecule has 10 nitrogen and oxygen atoms in total. The Morgan fingerprint density at radius 3 is 1.54 bits per heavy atom. The van der Waals surface area contributed by atoms with Crippen LogP contribution in [0.1, 0.15) is 195 Å². The van der Waals surface area contributed by atoms with Crippen LogP contribution in [0.2, 0.25) is 0 Å². The summed E-state index contributed by atoms with van der Waals surface area (Å²) in [5.41, 5.74) is 9.68. The second-order valence-electron chi connectivity index (χ2n) is 10.9. The zero-order valence-electron chi connectivity index (χ0n) is 57.2. The van der Waals surface area contributed by atoms with Crippen molar-refractivity contribution in [3.8, 4) is 0 Å². The molecule has 0 bridgehead atoms. The van der Waals surface area contributed by atoms with Crippen LogP contribution in [0.4, 0.5) is 5.82 Å². The Hall–Kier alpha value is -0.600. The summed E-state index contributed by atoms with van der Waals surface area (Å²) in [4.78, 5) is 32.8. The maximum absolute atomic E-state index is 11.3. The first-order chi connectivity index (χ1) is 37.1. The summed E-state index contributed by atoms with van der Waals surface area (Å²) in [6.07, 6.45) is 19.2. The first-order valence-electron chi connectivity index (χ1n) is 30.1. The topological polar surface area (TPSA) is 182 Å². The van der Waals surface area contributed by atoms with Crippen molar-refractivity contribution in [2.24, 2.45) is 17.4 Å². The van der Waals surface area contributed by atoms with Gasteiger partial charge in [0.1, 0.15) is 5.78 Å². The van der Waals surface area contributed by atoms with E-state index in [2.05, 4.69) is 79.8 Å². The number of nitrogens with zero attached hydrogens (tertiary/aromatic N) is 1. The van der Waals surface area contributed by atoms with Crippen molar-refractivity contribution in [1.82, 2.24) is 15.5 Å². The van der Waals surface area contributed by atoms with E-state index in [-0.39, 0.29) is 14.6 Å². The molecule has 9 N–H and O–H groups in total. The summed E-state index contributed by atoms with van der Waals surface area (Å²) in [6.45, 7) is 22.6. The highest BCUT2D eigenvalue weighted by atomic mass is 127. The minimum atomic E-state index is 0. The van der Waals surface area contributed by atoms with Gasteiger partial charge in [0.05, 0.1) is 5.03 Å². The van der Waals surface area contributed by atoms with E-state index < -0.39 is 0 Å². The van der Waals surface area contributed by atoms with Crippen molar-refractivity contribution in [2.75, 3.05) is 43.7 Å². The molecule has 0 spiro atoms. The molecule has 1 heterocycles. The molecule has 0 amide bonds. The van der Waals surface area contributed by atoms with Gasteiger partial charge in [-0.3, -0.25) is 31.2 Å². The van der Waals surface area contributed by atoms with Crippen molar-refractivity contribution in [3.05, 3.63) is 31.7 Å². The Morgan fingerprint density at radius 2 is 1.23 bits per heavy atom. The van der Waals surface area contributed by atoms with Gasteiger partial charge in [-0.1, -0.05) is 55.9 Å². The summed E-state index contributed by atoms with van der Waals surface area (Å²) in [5.74, 6) is 10.2. The zero-order chi connectivity index (χ0) is 64.3. The number of aromatic nitrogens is 2. The van der Waals surface area contributed by atoms with Crippen molar-refractivity contribution < 1.29 is 51.2 Å². The van der Waals surface area contributed by atoms with Gasteiger partial charge in [0, 0.05) is 139 Å². The predicted molar refractivity (Wildman–Crippen MR) is 311 cm³/mol. The fourth-order valence-corrected chi connectivity index (χ4v) is 7.42. The van der Waals surface area contributed by atoms with Gasteiger partial charge < -0.3 is 16.4 Å². The lowest BCUT2D eigenvalue weighted by Gasteiger charge is -2.08. The number of hydrogen-bond donors (Lipinski definition) is 6. The van der Waals surface area contributed by atoms with Gasteiger partial charge in [-0.25, -0.2) is 0 Å². The number of Topliss-reactive ketones (excluding diaryl/α,β-unsaturated/α-hetero) is 3. The number of aromatic amines is 1. The quantitative estimate of drug-likeness (QED) is 0.0289. The average molecular weight is 1090 g/mol. The fraction of sp³-hybridized carbons (Fsp3) is 0.732. The molecule has 0 unspecified atom stereocenters. The zero-order valence-corrected chi connectivity index (χ0v) is 43.5. The number of ketones is 3. The minimum Gasteiger partial charge on any atom is -0.380 e. The van der Waals surface area contributed by atoms with Gasteiger partial charge >= 0.3 is 0 Å². The van der Waals surface area contributed by atoms with Crippen LogP contribution in [-0.2, 0) is 39.4 Å². The summed E-state index contributed by atoms with van der Waals surface area (Å²) in [5, 5.41) is 14.8. The molecule has 368 valence electrons. The highest BCUT2D eigenvalue weighted by molar-refractivity contribution is 14.2. The lowest BCUT2D eigenvalue weighted by atomic mass is 10.2. The molecule has 1 aromatic rings. The monoisotopic (exact) mass is 1080 g/mol. The Balaban J connectivity index is -0.0000000265. The summed E-state index contributed by atoms with van der Waals surface area (Å²) in [7, 11) is 1.63. The highest BCUT2D eigenvalue weighted by Crippen LogP contribution is 2.34. The van der Waals surface area contributed by atoms with Crippen LogP contribution in [0.3, 0.4) is 0 Å². The first kappa shape index (κ1) is 47.4. The number of nitrogens with two attached hydrogens (primary N) is 3. The smallest absolute Gasteiger partial charge is 0.239 e. The van der Waals surface area contributed by atoms with E-state index in [9.17, 15) is 14.4 Å². The second-order valence-corrected chi connectivity index (χ2v) is 16.7. The standard InChI is InChI=1S/C9H15NOS.C8H13N3.C8H12OS2.C5H8O.C2H3IS2.C2H7N.3C2H6.CH4.H4N2.15H2/c1-3-10-9(12-2)7-5-4-6-8(7)11;1-2-9-8-6-4-3-5-7(6)10-11-8;1-10-8(11-2)6-4-3-5-7(6)9;6-5-3-1-2-4-5;1-2(4)5-3;1-2-3;3*1-2;;1-2;;;;;;;;;;;;;;;/h10H,3-6H2,1-2H3;2-5H2,1H3,(H2,9,10,11);3-5H2,1-2H3;1-4H2;1H3;2-3H2,1H3;3*1-2H3;1H4;1-2H2;15*1H/p+1/b9-7-;;;;;;;;;;;;;;;;;;;;;;;;;/i;;;;;;;;;;;10*1+2T;2*1+2;;;. The fourth-order valence-electron chi connectivity index (χ4n) is 5.08. The SMILES string of the molecule is C.CC.CC.CC.CC(=[SH+])SI.CCN.CCN/C(SC)=C1\CCCC1=O.CCNc1n[nH]c2c1CCC2.CSC(SC)=C1CCCC1=O.NN.O=C1CCCC1.[3HH].[3HH].[3H][3H].[3H][3H].[3H][3H].[3H][3H].[3H][3H].[3H][3H].[3H][3H].[3H][3H].[3H][3H].[3H][3H].[HH].[HH].[HH]. The third kappa shape index (κ3) is 34.8. The molecule has 0 atom stereocenters. The lowest BCUT2D eigenvalue weighted by molar-refractivity contribution is -0.117. The number of fused-ring (bicyclic) bond motifs is 1. The van der Waals surface area contributed by atoms with Crippen LogP contribution in [0.15, 0.2) is 20.4 Å². The van der Waals surface area contributed by atoms with Crippen molar-refractivity contribution in [2.45, 2.75) is 160 Å². The lowest BCUT2D eigenvalue weighted by Crippen LogP contribution is -2.13. The maximum Gasteiger partial charge on any atom is 0.239 e. The van der Waals surface area contributed by atoms with Gasteiger partial charge in [0.15, 0.2) is 29.6 Å². The normalized spacial score (nSPS) is 15.9. The molecular weight excluding hydrogens is 926 g/mol. The summed E-state index contributed by atoms with van der Waals surface area (Å²) in [6, 6.07) is 0. The summed E-state index contributed by atoms with van der Waals surface area (Å²) < 4.78 is 102. The molecule has 4 aliphatic carbocycles. The number of hydrogen-bond acceptors (Lipinski definition) is 13. The number of anilines is 1. The Morgan fingerprint density at radius 1 is 0.789 bits per heavy atom. The number of halogens is 1. The number of carbonyl (C=O) groups excluding carboxylic acids is 3.